The Morgan fingerprint density at radius 3 is 0.938 bits per heavy atom. The third-order valence-electron chi connectivity index (χ3n) is 8.55. The minimum Gasteiger partial charge on any atom is -0.337 e. The topological polar surface area (TPSA) is 3.24 Å². The SMILES string of the molecule is C(=C(c1ccccc1)c1ccccc1)c1ccc(N(Cc2ccccc2)c2ccc(C=C(c3ccccc3)c3ccccc3)cc2)cc1. The molecule has 0 spiro atoms. The summed E-state index contributed by atoms with van der Waals surface area (Å²) in [6.45, 7) is 0.768. The van der Waals surface area contributed by atoms with Crippen LogP contribution in [0.25, 0.3) is 23.3 Å². The Kier molecular flexibility index (Phi) is 9.48. The summed E-state index contributed by atoms with van der Waals surface area (Å²) < 4.78 is 0. The van der Waals surface area contributed by atoms with Gasteiger partial charge in [0.15, 0.2) is 0 Å². The Balaban J connectivity index is 1.22. The van der Waals surface area contributed by atoms with Crippen LogP contribution in [0, 0.1) is 0 Å². The van der Waals surface area contributed by atoms with Gasteiger partial charge >= 0.3 is 0 Å². The lowest BCUT2D eigenvalue weighted by Crippen LogP contribution is -2.16. The van der Waals surface area contributed by atoms with Crippen LogP contribution in [0.5, 0.6) is 0 Å². The summed E-state index contributed by atoms with van der Waals surface area (Å²) in [5, 5.41) is 0. The number of rotatable bonds is 10. The molecule has 7 rings (SSSR count). The standard InChI is InChI=1S/C47H37N/c1-6-16-39(17-7-1)36-48(44-30-26-37(27-31-44)34-46(40-18-8-2-9-19-40)41-20-10-3-11-21-41)45-32-28-38(29-33-45)35-47(42-22-12-4-13-23-42)43-24-14-5-15-25-43/h1-35H,36H2. The summed E-state index contributed by atoms with van der Waals surface area (Å²) in [4.78, 5) is 2.39. The van der Waals surface area contributed by atoms with Gasteiger partial charge in [-0.15, -0.1) is 0 Å². The first-order valence-electron chi connectivity index (χ1n) is 16.5. The minimum absolute atomic E-state index is 0.768. The molecule has 0 aliphatic heterocycles. The fourth-order valence-electron chi connectivity index (χ4n) is 6.07. The Morgan fingerprint density at radius 2 is 0.625 bits per heavy atom. The van der Waals surface area contributed by atoms with Crippen LogP contribution in [-0.4, -0.2) is 0 Å². The molecule has 0 bridgehead atoms. The molecule has 0 fully saturated rings. The molecule has 0 aliphatic rings. The van der Waals surface area contributed by atoms with Crippen molar-refractivity contribution in [1.29, 1.82) is 0 Å². The van der Waals surface area contributed by atoms with Crippen molar-refractivity contribution < 1.29 is 0 Å². The smallest absolute Gasteiger partial charge is 0.0481 e. The van der Waals surface area contributed by atoms with Crippen molar-refractivity contribution >= 4 is 34.7 Å². The number of anilines is 2. The lowest BCUT2D eigenvalue weighted by Gasteiger charge is -2.26. The zero-order chi connectivity index (χ0) is 32.4. The second-order valence-electron chi connectivity index (χ2n) is 11.8. The van der Waals surface area contributed by atoms with Crippen LogP contribution in [0.2, 0.25) is 0 Å². The largest absolute Gasteiger partial charge is 0.337 e. The van der Waals surface area contributed by atoms with E-state index in [0.717, 1.165) is 29.0 Å². The van der Waals surface area contributed by atoms with E-state index in [9.17, 15) is 0 Å². The van der Waals surface area contributed by atoms with Crippen molar-refractivity contribution in [2.24, 2.45) is 0 Å². The Bertz CT molecular complexity index is 1860. The molecule has 7 aromatic carbocycles. The van der Waals surface area contributed by atoms with Gasteiger partial charge in [-0.3, -0.25) is 0 Å². The van der Waals surface area contributed by atoms with Crippen molar-refractivity contribution in [3.8, 4) is 0 Å². The van der Waals surface area contributed by atoms with Gasteiger partial charge in [-0.25, -0.2) is 0 Å². The molecule has 0 aliphatic carbocycles. The van der Waals surface area contributed by atoms with Gasteiger partial charge in [-0.05, 0) is 86.5 Å². The molecule has 1 nitrogen and oxygen atoms in total. The maximum absolute atomic E-state index is 2.39. The van der Waals surface area contributed by atoms with Crippen molar-refractivity contribution in [3.05, 3.63) is 239 Å². The van der Waals surface area contributed by atoms with Crippen LogP contribution < -0.4 is 4.90 Å². The van der Waals surface area contributed by atoms with Crippen molar-refractivity contribution in [2.75, 3.05) is 4.90 Å². The summed E-state index contributed by atoms with van der Waals surface area (Å²) in [7, 11) is 0. The van der Waals surface area contributed by atoms with Crippen LogP contribution in [0.15, 0.2) is 200 Å². The van der Waals surface area contributed by atoms with E-state index in [1.807, 2.05) is 0 Å². The molecule has 0 aromatic heterocycles. The molecule has 48 heavy (non-hydrogen) atoms. The van der Waals surface area contributed by atoms with E-state index >= 15 is 0 Å². The van der Waals surface area contributed by atoms with Crippen LogP contribution in [0.3, 0.4) is 0 Å². The second kappa shape index (κ2) is 14.9. The van der Waals surface area contributed by atoms with Gasteiger partial charge in [0.1, 0.15) is 0 Å². The highest BCUT2D eigenvalue weighted by molar-refractivity contribution is 5.92. The average molecular weight is 616 g/mol. The van der Waals surface area contributed by atoms with Crippen LogP contribution in [-0.2, 0) is 6.54 Å². The van der Waals surface area contributed by atoms with Gasteiger partial charge in [0.25, 0.3) is 0 Å². The van der Waals surface area contributed by atoms with Gasteiger partial charge in [0, 0.05) is 17.9 Å². The van der Waals surface area contributed by atoms with Gasteiger partial charge in [0.2, 0.25) is 0 Å². The van der Waals surface area contributed by atoms with Gasteiger partial charge < -0.3 is 4.90 Å². The molecule has 0 radical (unpaired) electrons. The minimum atomic E-state index is 0.768. The predicted octanol–water partition coefficient (Wildman–Crippen LogP) is 12.2. The molecule has 230 valence electrons. The number of hydrogen-bond donors (Lipinski definition) is 0. The lowest BCUT2D eigenvalue weighted by atomic mass is 9.95. The van der Waals surface area contributed by atoms with E-state index in [-0.39, 0.29) is 0 Å². The summed E-state index contributed by atoms with van der Waals surface area (Å²) in [5.41, 5.74) is 13.1. The highest BCUT2D eigenvalue weighted by atomic mass is 15.1. The normalized spacial score (nSPS) is 10.6. The molecular formula is C47H37N. The zero-order valence-corrected chi connectivity index (χ0v) is 26.9. The van der Waals surface area contributed by atoms with Crippen molar-refractivity contribution in [1.82, 2.24) is 0 Å². The first-order chi connectivity index (χ1) is 23.8. The molecule has 0 saturated carbocycles. The number of hydrogen-bond acceptors (Lipinski definition) is 1. The summed E-state index contributed by atoms with van der Waals surface area (Å²) >= 11 is 0. The highest BCUT2D eigenvalue weighted by Crippen LogP contribution is 2.32. The molecule has 0 atom stereocenters. The van der Waals surface area contributed by atoms with E-state index in [1.165, 1.54) is 39.0 Å². The third kappa shape index (κ3) is 7.44. The number of nitrogens with zero attached hydrogens (tertiary/aromatic N) is 1. The van der Waals surface area contributed by atoms with E-state index in [2.05, 4.69) is 217 Å². The Labute approximate surface area is 284 Å². The quantitative estimate of drug-likeness (QED) is 0.138. The van der Waals surface area contributed by atoms with Crippen molar-refractivity contribution in [3.63, 3.8) is 0 Å². The first kappa shape index (κ1) is 30.5. The molecule has 1 heteroatoms. The van der Waals surface area contributed by atoms with Gasteiger partial charge in [-0.2, -0.15) is 0 Å². The van der Waals surface area contributed by atoms with Gasteiger partial charge in [0.05, 0.1) is 0 Å². The average Bonchev–Trinajstić information content (AvgIpc) is 3.17. The van der Waals surface area contributed by atoms with E-state index < -0.39 is 0 Å². The van der Waals surface area contributed by atoms with E-state index in [4.69, 9.17) is 0 Å². The molecule has 7 aromatic rings. The monoisotopic (exact) mass is 615 g/mol. The fraction of sp³-hybridized carbons (Fsp3) is 0.0213. The molecule has 0 N–H and O–H groups in total. The maximum Gasteiger partial charge on any atom is 0.0481 e. The summed E-state index contributed by atoms with van der Waals surface area (Å²) in [5.74, 6) is 0. The molecule has 0 amide bonds. The molecule has 0 unspecified atom stereocenters. The first-order valence-corrected chi connectivity index (χ1v) is 16.5. The highest BCUT2D eigenvalue weighted by Gasteiger charge is 2.12. The van der Waals surface area contributed by atoms with Crippen LogP contribution >= 0.6 is 0 Å². The second-order valence-corrected chi connectivity index (χ2v) is 11.8. The maximum atomic E-state index is 2.39. The lowest BCUT2D eigenvalue weighted by molar-refractivity contribution is 0.975. The summed E-state index contributed by atoms with van der Waals surface area (Å²) in [6.07, 6.45) is 4.57. The van der Waals surface area contributed by atoms with E-state index in [1.54, 1.807) is 0 Å². The third-order valence-corrected chi connectivity index (χ3v) is 8.55. The molecule has 0 saturated heterocycles. The van der Waals surface area contributed by atoms with E-state index in [0.29, 0.717) is 0 Å². The predicted molar refractivity (Wildman–Crippen MR) is 205 cm³/mol. The Hall–Kier alpha value is -6.18. The summed E-state index contributed by atoms with van der Waals surface area (Å²) in [6, 6.07) is 71.0. The molecule has 0 heterocycles. The molecular weight excluding hydrogens is 579 g/mol. The van der Waals surface area contributed by atoms with Crippen LogP contribution in [0.4, 0.5) is 11.4 Å². The van der Waals surface area contributed by atoms with Crippen LogP contribution in [0.1, 0.15) is 38.9 Å². The van der Waals surface area contributed by atoms with Gasteiger partial charge in [-0.1, -0.05) is 176 Å². The Morgan fingerprint density at radius 1 is 0.333 bits per heavy atom. The van der Waals surface area contributed by atoms with Crippen molar-refractivity contribution in [2.45, 2.75) is 6.54 Å². The number of benzene rings is 7. The zero-order valence-electron chi connectivity index (χ0n) is 26.9. The fourth-order valence-corrected chi connectivity index (χ4v) is 6.07.